The molecule has 4 aromatic carbocycles. The van der Waals surface area contributed by atoms with E-state index in [2.05, 4.69) is 25.4 Å². The molecule has 0 saturated heterocycles. The fourth-order valence-corrected chi connectivity index (χ4v) is 3.81. The van der Waals surface area contributed by atoms with Crippen LogP contribution in [0.5, 0.6) is 11.5 Å². The number of phenolic OH excluding ortho intramolecular Hbond substituents is 1. The summed E-state index contributed by atoms with van der Waals surface area (Å²) in [5.74, 6) is -2.58. The van der Waals surface area contributed by atoms with Crippen LogP contribution in [0.25, 0.3) is 0 Å². The molecule has 0 saturated carbocycles. The lowest BCUT2D eigenvalue weighted by atomic mass is 10.1. The number of azo groups is 2. The van der Waals surface area contributed by atoms with Gasteiger partial charge in [0.05, 0.1) is 29.2 Å². The zero-order valence-electron chi connectivity index (χ0n) is 23.2. The van der Waals surface area contributed by atoms with Crippen LogP contribution in [0.15, 0.2) is 136 Å². The van der Waals surface area contributed by atoms with Gasteiger partial charge in [-0.2, -0.15) is 20.5 Å². The monoisotopic (exact) mass is 589 g/mol. The smallest absolute Gasteiger partial charge is 0.339 e. The lowest BCUT2D eigenvalue weighted by Gasteiger charge is -2.02. The third-order valence-electron chi connectivity index (χ3n) is 5.98. The Morgan fingerprint density at radius 3 is 1.80 bits per heavy atom. The van der Waals surface area contributed by atoms with Crippen molar-refractivity contribution in [3.63, 3.8) is 0 Å². The van der Waals surface area contributed by atoms with Gasteiger partial charge in [-0.15, -0.1) is 0 Å². The summed E-state index contributed by atoms with van der Waals surface area (Å²) < 4.78 is 0. The van der Waals surface area contributed by atoms with Gasteiger partial charge in [-0.3, -0.25) is 9.78 Å². The molecular formula is C33H27N5O6. The van der Waals surface area contributed by atoms with Gasteiger partial charge in [0.1, 0.15) is 17.1 Å². The number of nitrogens with zero attached hydrogens (tertiary/aromatic N) is 5. The molecule has 0 aliphatic heterocycles. The molecule has 0 aliphatic carbocycles. The molecule has 0 unspecified atom stereocenters. The summed E-state index contributed by atoms with van der Waals surface area (Å²) in [7, 11) is 0. The average molecular weight is 590 g/mol. The number of benzene rings is 4. The average Bonchev–Trinajstić information content (AvgIpc) is 3.03. The van der Waals surface area contributed by atoms with Crippen molar-refractivity contribution in [1.29, 1.82) is 0 Å². The highest BCUT2D eigenvalue weighted by Gasteiger charge is 2.10. The Kier molecular flexibility index (Phi) is 10.6. The van der Waals surface area contributed by atoms with Crippen molar-refractivity contribution in [3.05, 3.63) is 138 Å². The predicted octanol–water partition coefficient (Wildman–Crippen LogP) is 7.93. The molecule has 44 heavy (non-hydrogen) atoms. The number of hydrogen-bond donors (Lipinski definition) is 4. The molecule has 5 rings (SSSR count). The fourth-order valence-electron chi connectivity index (χ4n) is 3.81. The Balaban J connectivity index is 0.000000209. The number of aromatic hydroxyl groups is 2. The van der Waals surface area contributed by atoms with Crippen LogP contribution in [0.1, 0.15) is 27.2 Å². The van der Waals surface area contributed by atoms with E-state index in [1.807, 2.05) is 72.8 Å². The number of rotatable bonds is 9. The van der Waals surface area contributed by atoms with Crippen molar-refractivity contribution < 1.29 is 30.0 Å². The molecule has 0 fully saturated rings. The summed E-state index contributed by atoms with van der Waals surface area (Å²) in [6.45, 7) is 0. The van der Waals surface area contributed by atoms with Gasteiger partial charge in [-0.1, -0.05) is 36.4 Å². The van der Waals surface area contributed by atoms with Gasteiger partial charge in [0, 0.05) is 23.9 Å². The van der Waals surface area contributed by atoms with Crippen molar-refractivity contribution in [3.8, 4) is 11.5 Å². The van der Waals surface area contributed by atoms with Crippen LogP contribution in [0.3, 0.4) is 0 Å². The molecule has 0 spiro atoms. The standard InChI is InChI=1S/C19H15N3O3.C14H12N2O3/c23-18-9-8-16(12-17(18)19(24)25)22-21-14-6-4-13(5-7-14)11-15-3-1-2-10-20-15;17-13-7-6-12(8-10(13)9-14(18)19)16-15-11-4-2-1-3-5-11/h1-10,12,23H,11H2,(H,24,25);1-8,17H,9H2,(H,18,19). The van der Waals surface area contributed by atoms with Gasteiger partial charge in [0.15, 0.2) is 0 Å². The number of hydrogen-bond acceptors (Lipinski definition) is 9. The molecule has 11 heteroatoms. The van der Waals surface area contributed by atoms with Crippen molar-refractivity contribution in [2.45, 2.75) is 12.8 Å². The number of carboxylic acid groups (broad SMARTS) is 2. The highest BCUT2D eigenvalue weighted by molar-refractivity contribution is 5.91. The maximum absolute atomic E-state index is 11.0. The van der Waals surface area contributed by atoms with E-state index in [9.17, 15) is 19.8 Å². The van der Waals surface area contributed by atoms with E-state index >= 15 is 0 Å². The van der Waals surface area contributed by atoms with E-state index < -0.39 is 11.9 Å². The summed E-state index contributed by atoms with van der Waals surface area (Å²) in [4.78, 5) is 25.9. The maximum atomic E-state index is 11.0. The molecule has 0 amide bonds. The molecule has 0 radical (unpaired) electrons. The molecule has 1 aromatic heterocycles. The molecule has 220 valence electrons. The number of aliphatic carboxylic acids is 1. The second kappa shape index (κ2) is 15.1. The number of carbonyl (C=O) groups is 2. The first-order valence-corrected chi connectivity index (χ1v) is 13.2. The number of carboxylic acids is 2. The summed E-state index contributed by atoms with van der Waals surface area (Å²) in [6.07, 6.45) is 2.25. The highest BCUT2D eigenvalue weighted by Crippen LogP contribution is 2.27. The largest absolute Gasteiger partial charge is 0.508 e. The van der Waals surface area contributed by atoms with E-state index in [0.29, 0.717) is 28.3 Å². The summed E-state index contributed by atoms with van der Waals surface area (Å²) in [5.41, 5.74) is 4.41. The van der Waals surface area contributed by atoms with Crippen LogP contribution in [-0.4, -0.2) is 37.3 Å². The van der Waals surface area contributed by atoms with Crippen LogP contribution in [0, 0.1) is 0 Å². The van der Waals surface area contributed by atoms with Crippen LogP contribution in [0.4, 0.5) is 22.7 Å². The quantitative estimate of drug-likeness (QED) is 0.126. The zero-order chi connectivity index (χ0) is 31.3. The van der Waals surface area contributed by atoms with Crippen LogP contribution in [-0.2, 0) is 17.6 Å². The molecule has 11 nitrogen and oxygen atoms in total. The first-order valence-electron chi connectivity index (χ1n) is 13.2. The minimum Gasteiger partial charge on any atom is -0.508 e. The van der Waals surface area contributed by atoms with Gasteiger partial charge in [0.25, 0.3) is 0 Å². The van der Waals surface area contributed by atoms with Crippen molar-refractivity contribution in [2.24, 2.45) is 20.5 Å². The molecule has 5 aromatic rings. The minimum atomic E-state index is -1.21. The maximum Gasteiger partial charge on any atom is 0.339 e. The summed E-state index contributed by atoms with van der Waals surface area (Å²) in [5, 5.41) is 52.9. The molecule has 1 heterocycles. The first kappa shape index (κ1) is 30.7. The van der Waals surface area contributed by atoms with Gasteiger partial charge < -0.3 is 20.4 Å². The molecule has 0 bridgehead atoms. The topological polar surface area (TPSA) is 177 Å². The first-order chi connectivity index (χ1) is 21.3. The van der Waals surface area contributed by atoms with E-state index in [-0.39, 0.29) is 23.5 Å². The Bertz CT molecular complexity index is 1780. The van der Waals surface area contributed by atoms with E-state index in [0.717, 1.165) is 17.7 Å². The molecule has 0 aliphatic rings. The van der Waals surface area contributed by atoms with Gasteiger partial charge in [-0.05, 0) is 78.4 Å². The number of phenols is 2. The zero-order valence-corrected chi connectivity index (χ0v) is 23.2. The Morgan fingerprint density at radius 1 is 0.614 bits per heavy atom. The lowest BCUT2D eigenvalue weighted by Crippen LogP contribution is -1.99. The van der Waals surface area contributed by atoms with Crippen molar-refractivity contribution in [2.75, 3.05) is 0 Å². The number of pyridine rings is 1. The second-order valence-corrected chi connectivity index (χ2v) is 9.29. The lowest BCUT2D eigenvalue weighted by molar-refractivity contribution is -0.136. The second-order valence-electron chi connectivity index (χ2n) is 9.29. The molecule has 0 atom stereocenters. The Labute approximate surface area is 252 Å². The summed E-state index contributed by atoms with van der Waals surface area (Å²) >= 11 is 0. The van der Waals surface area contributed by atoms with Crippen molar-refractivity contribution >= 4 is 34.7 Å². The predicted molar refractivity (Wildman–Crippen MR) is 163 cm³/mol. The van der Waals surface area contributed by atoms with Crippen LogP contribution >= 0.6 is 0 Å². The van der Waals surface area contributed by atoms with Crippen molar-refractivity contribution in [1.82, 2.24) is 4.98 Å². The third kappa shape index (κ3) is 9.42. The Hall–Kier alpha value is -6.23. The van der Waals surface area contributed by atoms with Crippen LogP contribution in [0.2, 0.25) is 0 Å². The number of aromatic nitrogens is 1. The molecule has 4 N–H and O–H groups in total. The van der Waals surface area contributed by atoms with Gasteiger partial charge in [0.2, 0.25) is 0 Å². The van der Waals surface area contributed by atoms with E-state index in [4.69, 9.17) is 10.2 Å². The van der Waals surface area contributed by atoms with Gasteiger partial charge >= 0.3 is 11.9 Å². The minimum absolute atomic E-state index is 0.0546. The fraction of sp³-hybridized carbons (Fsp3) is 0.0606. The SMILES string of the molecule is O=C(O)Cc1cc(N=Nc2ccccc2)ccc1O.O=C(O)c1cc(N=Nc2ccc(Cc3ccccn3)cc2)ccc1O. The summed E-state index contributed by atoms with van der Waals surface area (Å²) in [6, 6.07) is 31.1. The Morgan fingerprint density at radius 2 is 1.18 bits per heavy atom. The van der Waals surface area contributed by atoms with E-state index in [1.54, 1.807) is 12.3 Å². The normalized spacial score (nSPS) is 10.8. The van der Waals surface area contributed by atoms with E-state index in [1.165, 1.54) is 30.3 Å². The van der Waals surface area contributed by atoms with Gasteiger partial charge in [-0.25, -0.2) is 4.79 Å². The molecular weight excluding hydrogens is 562 g/mol. The van der Waals surface area contributed by atoms with Crippen LogP contribution < -0.4 is 0 Å². The third-order valence-corrected chi connectivity index (χ3v) is 5.98. The number of aromatic carboxylic acids is 1. The highest BCUT2D eigenvalue weighted by atomic mass is 16.4.